The number of nitrogens with two attached hydrogens (primary N) is 1. The van der Waals surface area contributed by atoms with Gasteiger partial charge in [0, 0.05) is 50.8 Å². The number of thioether (sulfide) groups is 4. The third kappa shape index (κ3) is 13.6. The summed E-state index contributed by atoms with van der Waals surface area (Å²) < 4.78 is 0. The summed E-state index contributed by atoms with van der Waals surface area (Å²) >= 11 is 20.4. The highest BCUT2D eigenvalue weighted by atomic mass is 32.2. The zero-order valence-corrected chi connectivity index (χ0v) is 17.3. The van der Waals surface area contributed by atoms with Crippen LogP contribution in [0.1, 0.15) is 0 Å². The van der Waals surface area contributed by atoms with Gasteiger partial charge in [-0.2, -0.15) is 73.2 Å². The zero-order valence-electron chi connectivity index (χ0n) is 11.4. The van der Waals surface area contributed by atoms with Crippen LogP contribution in [0.25, 0.3) is 0 Å². The first-order chi connectivity index (χ1) is 9.63. The van der Waals surface area contributed by atoms with E-state index in [2.05, 4.69) is 37.9 Å². The molecular formula is C11H24N2S7. The molecule has 20 heavy (non-hydrogen) atoms. The minimum absolute atomic E-state index is 0.210. The molecule has 2 unspecified atom stereocenters. The van der Waals surface area contributed by atoms with Crippen molar-refractivity contribution in [3.05, 3.63) is 0 Å². The molecule has 0 aromatic rings. The van der Waals surface area contributed by atoms with Gasteiger partial charge in [0.05, 0.1) is 0 Å². The van der Waals surface area contributed by atoms with E-state index in [1.165, 1.54) is 11.8 Å². The van der Waals surface area contributed by atoms with E-state index < -0.39 is 0 Å². The van der Waals surface area contributed by atoms with Gasteiger partial charge in [-0.15, -0.1) is 0 Å². The van der Waals surface area contributed by atoms with Gasteiger partial charge >= 0.3 is 0 Å². The Morgan fingerprint density at radius 2 is 1.50 bits per heavy atom. The predicted octanol–water partition coefficient (Wildman–Crippen LogP) is 3.34. The average Bonchev–Trinajstić information content (AvgIpc) is 2.43. The topological polar surface area (TPSA) is 49.9 Å². The van der Waals surface area contributed by atoms with Crippen molar-refractivity contribution in [1.82, 2.24) is 0 Å². The highest BCUT2D eigenvalue weighted by molar-refractivity contribution is 8.14. The second kappa shape index (κ2) is 15.8. The third-order valence-electron chi connectivity index (χ3n) is 2.12. The molecule has 0 aliphatic rings. The van der Waals surface area contributed by atoms with Crippen molar-refractivity contribution in [2.75, 3.05) is 46.0 Å². The van der Waals surface area contributed by atoms with Crippen molar-refractivity contribution in [3.63, 3.8) is 0 Å². The zero-order chi connectivity index (χ0) is 15.2. The molecule has 0 spiro atoms. The van der Waals surface area contributed by atoms with E-state index in [4.69, 9.17) is 11.1 Å². The molecule has 0 bridgehead atoms. The Bertz CT molecular complexity index is 243. The van der Waals surface area contributed by atoms with Crippen molar-refractivity contribution < 1.29 is 0 Å². The van der Waals surface area contributed by atoms with Crippen molar-refractivity contribution >= 4 is 90.1 Å². The normalized spacial score (nSPS) is 14.2. The van der Waals surface area contributed by atoms with E-state index in [-0.39, 0.29) is 5.17 Å². The number of nitrogens with one attached hydrogen (secondary N) is 1. The Balaban J connectivity index is 3.78. The van der Waals surface area contributed by atoms with Crippen LogP contribution in [0.3, 0.4) is 0 Å². The van der Waals surface area contributed by atoms with Crippen LogP contribution in [0.5, 0.6) is 0 Å². The number of hydrogen-bond acceptors (Lipinski definition) is 8. The van der Waals surface area contributed by atoms with Crippen LogP contribution in [-0.2, 0) is 0 Å². The minimum Gasteiger partial charge on any atom is -0.379 e. The second-order valence-corrected chi connectivity index (χ2v) is 10.1. The highest BCUT2D eigenvalue weighted by Gasteiger charge is 2.15. The molecule has 0 saturated heterocycles. The molecule has 0 rings (SSSR count). The molecule has 3 N–H and O–H groups in total. The molecule has 0 heterocycles. The Labute approximate surface area is 156 Å². The van der Waals surface area contributed by atoms with Gasteiger partial charge in [0.2, 0.25) is 0 Å². The summed E-state index contributed by atoms with van der Waals surface area (Å²) in [7, 11) is 0. The molecule has 0 saturated carbocycles. The molecule has 0 radical (unpaired) electrons. The molecule has 0 aromatic carbocycles. The lowest BCUT2D eigenvalue weighted by Gasteiger charge is -2.20. The summed E-state index contributed by atoms with van der Waals surface area (Å²) in [5, 5.41) is 8.52. The number of amidine groups is 1. The van der Waals surface area contributed by atoms with Crippen molar-refractivity contribution in [2.45, 2.75) is 10.5 Å². The molecule has 0 fully saturated rings. The predicted molar refractivity (Wildman–Crippen MR) is 116 cm³/mol. The van der Waals surface area contributed by atoms with Crippen molar-refractivity contribution in [1.29, 1.82) is 5.41 Å². The monoisotopic (exact) mass is 408 g/mol. The lowest BCUT2D eigenvalue weighted by molar-refractivity contribution is 1.09. The van der Waals surface area contributed by atoms with E-state index in [9.17, 15) is 0 Å². The van der Waals surface area contributed by atoms with Gasteiger partial charge in [-0.1, -0.05) is 11.8 Å². The molecule has 9 heteroatoms. The molecule has 0 aromatic heterocycles. The molecular weight excluding hydrogens is 385 g/mol. The van der Waals surface area contributed by atoms with Crippen LogP contribution in [0.4, 0.5) is 0 Å². The summed E-state index contributed by atoms with van der Waals surface area (Å²) in [6.45, 7) is 0. The van der Waals surface area contributed by atoms with Gasteiger partial charge in [0.1, 0.15) is 0 Å². The first kappa shape index (κ1) is 21.9. The van der Waals surface area contributed by atoms with E-state index in [0.29, 0.717) is 10.5 Å². The lowest BCUT2D eigenvalue weighted by atomic mass is 10.5. The van der Waals surface area contributed by atoms with Gasteiger partial charge in [0.25, 0.3) is 0 Å². The number of thiol groups is 3. The summed E-state index contributed by atoms with van der Waals surface area (Å²) in [5.41, 5.74) is 5.31. The molecule has 2 nitrogen and oxygen atoms in total. The van der Waals surface area contributed by atoms with E-state index in [1.54, 1.807) is 0 Å². The van der Waals surface area contributed by atoms with Gasteiger partial charge in [-0.05, 0) is 5.75 Å². The molecule has 0 aliphatic heterocycles. The van der Waals surface area contributed by atoms with E-state index >= 15 is 0 Å². The third-order valence-corrected chi connectivity index (χ3v) is 9.12. The fourth-order valence-corrected chi connectivity index (χ4v) is 6.93. The average molecular weight is 409 g/mol. The van der Waals surface area contributed by atoms with Gasteiger partial charge in [0.15, 0.2) is 5.17 Å². The van der Waals surface area contributed by atoms with E-state index in [0.717, 1.165) is 46.0 Å². The summed E-state index contributed by atoms with van der Waals surface area (Å²) in [6, 6.07) is 0. The van der Waals surface area contributed by atoms with Crippen LogP contribution in [0, 0.1) is 5.41 Å². The number of hydrogen-bond donors (Lipinski definition) is 5. The Kier molecular flexibility index (Phi) is 17.3. The van der Waals surface area contributed by atoms with Crippen LogP contribution < -0.4 is 5.73 Å². The van der Waals surface area contributed by atoms with Crippen LogP contribution in [0.2, 0.25) is 0 Å². The maximum Gasteiger partial charge on any atom is 0.151 e. The first-order valence-electron chi connectivity index (χ1n) is 6.24. The summed E-state index contributed by atoms with van der Waals surface area (Å²) in [5.74, 6) is 8.06. The van der Waals surface area contributed by atoms with Crippen LogP contribution in [-0.4, -0.2) is 61.7 Å². The molecule has 2 atom stereocenters. The maximum atomic E-state index is 7.15. The van der Waals surface area contributed by atoms with Gasteiger partial charge in [-0.3, -0.25) is 5.41 Å². The first-order valence-corrected chi connectivity index (χ1v) is 12.4. The van der Waals surface area contributed by atoms with Crippen LogP contribution in [0.15, 0.2) is 0 Å². The Morgan fingerprint density at radius 3 is 1.95 bits per heavy atom. The molecule has 0 aliphatic carbocycles. The molecule has 120 valence electrons. The number of rotatable bonds is 13. The van der Waals surface area contributed by atoms with Gasteiger partial charge in [-0.25, -0.2) is 0 Å². The minimum atomic E-state index is 0.210. The maximum absolute atomic E-state index is 7.15. The standard InChI is InChI=1S/C11H24N2S7/c12-11(13)19-4-3-18-8-10(6-16)20-9(5-15)7-17-2-1-14/h9-10,14-16H,1-8H2,(H3,12,13). The van der Waals surface area contributed by atoms with Crippen LogP contribution >= 0.6 is 84.9 Å². The Morgan fingerprint density at radius 1 is 0.950 bits per heavy atom. The van der Waals surface area contributed by atoms with Crippen molar-refractivity contribution in [2.24, 2.45) is 5.73 Å². The summed E-state index contributed by atoms with van der Waals surface area (Å²) in [4.78, 5) is 0. The quantitative estimate of drug-likeness (QED) is 0.140. The smallest absolute Gasteiger partial charge is 0.151 e. The SMILES string of the molecule is N=C(N)SCCSCC(CS)SC(CS)CSCCS. The van der Waals surface area contributed by atoms with Gasteiger partial charge < -0.3 is 5.73 Å². The fraction of sp³-hybridized carbons (Fsp3) is 0.909. The highest BCUT2D eigenvalue weighted by Crippen LogP contribution is 2.26. The largest absolute Gasteiger partial charge is 0.379 e. The second-order valence-electron chi connectivity index (χ2n) is 3.83. The van der Waals surface area contributed by atoms with Crippen molar-refractivity contribution in [3.8, 4) is 0 Å². The Hall–Kier alpha value is 1.92. The summed E-state index contributed by atoms with van der Waals surface area (Å²) in [6.07, 6.45) is 0. The fourth-order valence-electron chi connectivity index (χ4n) is 1.25. The lowest BCUT2D eigenvalue weighted by Crippen LogP contribution is -2.19. The molecule has 0 amide bonds. The van der Waals surface area contributed by atoms with E-state index in [1.807, 2.05) is 35.3 Å².